The van der Waals surface area contributed by atoms with Gasteiger partial charge in [-0.25, -0.2) is 0 Å². The Morgan fingerprint density at radius 3 is 2.42 bits per heavy atom. The van der Waals surface area contributed by atoms with E-state index in [1.165, 1.54) is 14.2 Å². The van der Waals surface area contributed by atoms with Crippen LogP contribution in [0.25, 0.3) is 0 Å². The molecular weight excluding hydrogens is 263 g/mol. The quantitative estimate of drug-likeness (QED) is 0.471. The van der Waals surface area contributed by atoms with E-state index in [1.807, 2.05) is 44.2 Å². The molecule has 0 aliphatic heterocycles. The van der Waals surface area contributed by atoms with Gasteiger partial charge in [0.1, 0.15) is 0 Å². The van der Waals surface area contributed by atoms with E-state index in [9.17, 15) is 4.57 Å². The first-order chi connectivity index (χ1) is 9.01. The molecule has 1 atom stereocenters. The molecule has 6 heteroatoms. The summed E-state index contributed by atoms with van der Waals surface area (Å²) in [6, 6.07) is 9.65. The second-order valence-corrected chi connectivity index (χ2v) is 6.97. The van der Waals surface area contributed by atoms with Crippen molar-refractivity contribution in [1.29, 1.82) is 0 Å². The average Bonchev–Trinajstić information content (AvgIpc) is 2.45. The molecule has 1 N–H and O–H groups in total. The van der Waals surface area contributed by atoms with Crippen LogP contribution in [0.5, 0.6) is 0 Å². The molecule has 0 fully saturated rings. The van der Waals surface area contributed by atoms with E-state index in [-0.39, 0.29) is 5.66 Å². The summed E-state index contributed by atoms with van der Waals surface area (Å²) in [6.07, 6.45) is 0.540. The third kappa shape index (κ3) is 4.78. The van der Waals surface area contributed by atoms with Crippen LogP contribution in [0.4, 0.5) is 5.69 Å². The molecule has 1 aromatic rings. The highest BCUT2D eigenvalue weighted by molar-refractivity contribution is 7.54. The van der Waals surface area contributed by atoms with Crippen molar-refractivity contribution in [3.63, 3.8) is 0 Å². The molecule has 0 heterocycles. The lowest BCUT2D eigenvalue weighted by Gasteiger charge is -2.20. The average molecular weight is 284 g/mol. The number of para-hydroxylation sites is 1. The SMILES string of the molecule is COP(=O)(OC)C(C)CC(C)=NNc1ccccc1. The van der Waals surface area contributed by atoms with Crippen LogP contribution in [0.15, 0.2) is 35.4 Å². The molecule has 0 amide bonds. The zero-order valence-electron chi connectivity index (χ0n) is 11.8. The van der Waals surface area contributed by atoms with Crippen LogP contribution in [0, 0.1) is 0 Å². The van der Waals surface area contributed by atoms with Gasteiger partial charge >= 0.3 is 7.60 Å². The summed E-state index contributed by atoms with van der Waals surface area (Å²) in [5, 5.41) is 4.25. The Bertz CT molecular complexity index is 454. The maximum Gasteiger partial charge on any atom is 0.333 e. The summed E-state index contributed by atoms with van der Waals surface area (Å²) in [4.78, 5) is 0. The minimum absolute atomic E-state index is 0.233. The van der Waals surface area contributed by atoms with E-state index in [0.29, 0.717) is 6.42 Å². The van der Waals surface area contributed by atoms with Gasteiger partial charge in [0.05, 0.1) is 11.3 Å². The van der Waals surface area contributed by atoms with Gasteiger partial charge in [0.15, 0.2) is 0 Å². The third-order valence-electron chi connectivity index (χ3n) is 2.79. The highest BCUT2D eigenvalue weighted by atomic mass is 31.2. The van der Waals surface area contributed by atoms with Crippen LogP contribution in [0.3, 0.4) is 0 Å². The summed E-state index contributed by atoms with van der Waals surface area (Å²) >= 11 is 0. The lowest BCUT2D eigenvalue weighted by atomic mass is 10.2. The van der Waals surface area contributed by atoms with E-state index in [1.54, 1.807) is 0 Å². The van der Waals surface area contributed by atoms with Gasteiger partial charge in [0.2, 0.25) is 0 Å². The molecule has 0 bridgehead atoms. The molecule has 19 heavy (non-hydrogen) atoms. The van der Waals surface area contributed by atoms with E-state index in [4.69, 9.17) is 9.05 Å². The molecular formula is C13H21N2O3P. The number of nitrogens with zero attached hydrogens (tertiary/aromatic N) is 1. The second-order valence-electron chi connectivity index (χ2n) is 4.28. The monoisotopic (exact) mass is 284 g/mol. The van der Waals surface area contributed by atoms with Crippen LogP contribution >= 0.6 is 7.60 Å². The van der Waals surface area contributed by atoms with E-state index >= 15 is 0 Å². The number of benzene rings is 1. The Kier molecular flexibility index (Phi) is 6.22. The molecule has 5 nitrogen and oxygen atoms in total. The van der Waals surface area contributed by atoms with Crippen LogP contribution in [0.2, 0.25) is 0 Å². The topological polar surface area (TPSA) is 59.9 Å². The summed E-state index contributed by atoms with van der Waals surface area (Å²) in [5.74, 6) is 0. The van der Waals surface area contributed by atoms with Gasteiger partial charge in [0.25, 0.3) is 0 Å². The minimum atomic E-state index is -3.03. The zero-order valence-corrected chi connectivity index (χ0v) is 12.7. The van der Waals surface area contributed by atoms with Crippen molar-refractivity contribution in [3.05, 3.63) is 30.3 Å². The summed E-state index contributed by atoms with van der Waals surface area (Å²) < 4.78 is 22.1. The van der Waals surface area contributed by atoms with Crippen molar-refractivity contribution >= 4 is 19.0 Å². The van der Waals surface area contributed by atoms with Gasteiger partial charge in [-0.15, -0.1) is 0 Å². The van der Waals surface area contributed by atoms with Crippen molar-refractivity contribution < 1.29 is 13.6 Å². The molecule has 0 radical (unpaired) electrons. The molecule has 1 aromatic carbocycles. The third-order valence-corrected chi connectivity index (χ3v) is 5.07. The van der Waals surface area contributed by atoms with Crippen LogP contribution in [-0.2, 0) is 13.6 Å². The predicted octanol–water partition coefficient (Wildman–Crippen LogP) is 3.74. The predicted molar refractivity (Wildman–Crippen MR) is 78.9 cm³/mol. The first-order valence-corrected chi connectivity index (χ1v) is 7.68. The fraction of sp³-hybridized carbons (Fsp3) is 0.462. The number of hydrogen-bond acceptors (Lipinski definition) is 5. The second kappa shape index (κ2) is 7.43. The maximum atomic E-state index is 12.1. The highest BCUT2D eigenvalue weighted by Gasteiger charge is 2.30. The van der Waals surface area contributed by atoms with Gasteiger partial charge in [-0.1, -0.05) is 25.1 Å². The molecule has 1 unspecified atom stereocenters. The molecule has 0 aliphatic rings. The molecule has 1 rings (SSSR count). The first-order valence-electron chi connectivity index (χ1n) is 6.07. The number of anilines is 1. The number of rotatable bonds is 7. The van der Waals surface area contributed by atoms with Crippen molar-refractivity contribution in [2.45, 2.75) is 25.9 Å². The molecule has 0 saturated heterocycles. The standard InChI is InChI=1S/C13H21N2O3P/c1-11(10-12(2)19(16,17-3)18-4)14-15-13-8-6-5-7-9-13/h5-9,12,15H,10H2,1-4H3. The largest absolute Gasteiger partial charge is 0.333 e. The Morgan fingerprint density at radius 1 is 1.32 bits per heavy atom. The summed E-state index contributed by atoms with van der Waals surface area (Å²) in [5.41, 5.74) is 4.47. The number of hydrazone groups is 1. The Morgan fingerprint density at radius 2 is 1.89 bits per heavy atom. The number of nitrogens with one attached hydrogen (secondary N) is 1. The Hall–Kier alpha value is -1.16. The van der Waals surface area contributed by atoms with Crippen LogP contribution in [-0.4, -0.2) is 25.6 Å². The van der Waals surface area contributed by atoms with Crippen molar-refractivity contribution in [1.82, 2.24) is 0 Å². The maximum absolute atomic E-state index is 12.1. The lowest BCUT2D eigenvalue weighted by Crippen LogP contribution is -2.12. The fourth-order valence-corrected chi connectivity index (χ4v) is 3.05. The van der Waals surface area contributed by atoms with Gasteiger partial charge in [-0.2, -0.15) is 5.10 Å². The van der Waals surface area contributed by atoms with Gasteiger partial charge in [0, 0.05) is 26.4 Å². The fourth-order valence-electron chi connectivity index (χ4n) is 1.69. The van der Waals surface area contributed by atoms with Gasteiger partial charge in [-0.05, 0) is 19.1 Å². The van der Waals surface area contributed by atoms with Crippen molar-refractivity contribution in [3.8, 4) is 0 Å². The smallest absolute Gasteiger partial charge is 0.312 e. The van der Waals surface area contributed by atoms with E-state index in [0.717, 1.165) is 11.4 Å². The highest BCUT2D eigenvalue weighted by Crippen LogP contribution is 2.52. The minimum Gasteiger partial charge on any atom is -0.312 e. The van der Waals surface area contributed by atoms with Crippen molar-refractivity contribution in [2.75, 3.05) is 19.6 Å². The normalized spacial score (nSPS) is 14.2. The summed E-state index contributed by atoms with van der Waals surface area (Å²) in [6.45, 7) is 3.71. The van der Waals surface area contributed by atoms with E-state index < -0.39 is 7.60 Å². The van der Waals surface area contributed by atoms with Crippen molar-refractivity contribution in [2.24, 2.45) is 5.10 Å². The molecule has 0 aromatic heterocycles. The van der Waals surface area contributed by atoms with Crippen LogP contribution in [0.1, 0.15) is 20.3 Å². The molecule has 0 saturated carbocycles. The number of hydrogen-bond donors (Lipinski definition) is 1. The first kappa shape index (κ1) is 15.9. The zero-order chi connectivity index (χ0) is 14.3. The molecule has 106 valence electrons. The molecule has 0 spiro atoms. The van der Waals surface area contributed by atoms with Gasteiger partial charge in [-0.3, -0.25) is 9.99 Å². The Labute approximate surface area is 114 Å². The lowest BCUT2D eigenvalue weighted by molar-refractivity contribution is 0.268. The molecule has 0 aliphatic carbocycles. The summed E-state index contributed by atoms with van der Waals surface area (Å²) in [7, 11) is -0.234. The Balaban J connectivity index is 2.59. The van der Waals surface area contributed by atoms with Crippen LogP contribution < -0.4 is 5.43 Å². The van der Waals surface area contributed by atoms with Gasteiger partial charge < -0.3 is 9.05 Å². The van der Waals surface area contributed by atoms with E-state index in [2.05, 4.69) is 10.5 Å².